The summed E-state index contributed by atoms with van der Waals surface area (Å²) in [6.45, 7) is 5.90. The van der Waals surface area contributed by atoms with Crippen LogP contribution in [0.3, 0.4) is 0 Å². The Morgan fingerprint density at radius 2 is 2.22 bits per heavy atom. The summed E-state index contributed by atoms with van der Waals surface area (Å²) in [6.07, 6.45) is 5.69. The summed E-state index contributed by atoms with van der Waals surface area (Å²) in [5.74, 6) is 0. The number of hydrogen-bond acceptors (Lipinski definition) is 3. The highest BCUT2D eigenvalue weighted by Gasteiger charge is 2.22. The van der Waals surface area contributed by atoms with Gasteiger partial charge in [-0.1, -0.05) is 6.92 Å². The Hall–Kier alpha value is -1.14. The van der Waals surface area contributed by atoms with E-state index in [-0.39, 0.29) is 6.04 Å². The lowest BCUT2D eigenvalue weighted by molar-refractivity contribution is 0.534. The van der Waals surface area contributed by atoms with Gasteiger partial charge in [0.15, 0.2) is 0 Å². The van der Waals surface area contributed by atoms with Gasteiger partial charge in [-0.05, 0) is 29.4 Å². The Labute approximate surface area is 115 Å². The zero-order valence-electron chi connectivity index (χ0n) is 10.9. The molecule has 2 rings (SSSR count). The molecule has 0 fully saturated rings. The molecule has 0 spiro atoms. The highest BCUT2D eigenvalue weighted by molar-refractivity contribution is 9.10. The molecule has 1 atom stereocenters. The van der Waals surface area contributed by atoms with Crippen LogP contribution in [0.2, 0.25) is 0 Å². The van der Waals surface area contributed by atoms with Crippen molar-refractivity contribution in [1.29, 1.82) is 0 Å². The normalized spacial score (nSPS) is 12.9. The summed E-state index contributed by atoms with van der Waals surface area (Å²) in [4.78, 5) is 4.45. The van der Waals surface area contributed by atoms with Gasteiger partial charge in [0.1, 0.15) is 0 Å². The van der Waals surface area contributed by atoms with Crippen LogP contribution in [-0.2, 0) is 13.6 Å². The van der Waals surface area contributed by atoms with Crippen LogP contribution in [0.1, 0.15) is 31.3 Å². The van der Waals surface area contributed by atoms with E-state index in [1.165, 1.54) is 0 Å². The Balaban J connectivity index is 2.43. The first-order valence-electron chi connectivity index (χ1n) is 6.09. The molecular weight excluding hydrogens is 294 g/mol. The molecule has 0 aliphatic carbocycles. The highest BCUT2D eigenvalue weighted by Crippen LogP contribution is 2.27. The maximum atomic E-state index is 4.45. The van der Waals surface area contributed by atoms with Crippen molar-refractivity contribution in [2.75, 3.05) is 6.54 Å². The molecule has 98 valence electrons. The lowest BCUT2D eigenvalue weighted by Gasteiger charge is -2.17. The number of aryl methyl sites for hydroxylation is 2. The van der Waals surface area contributed by atoms with Gasteiger partial charge in [-0.3, -0.25) is 4.68 Å². The molecule has 1 unspecified atom stereocenters. The standard InChI is InChI=1S/C12H18BrN5/c1-4-14-11(10-7-17(3)8-15-10)12-9(13)6-16-18(12)5-2/h6-8,11,14H,4-5H2,1-3H3. The molecule has 0 aliphatic rings. The molecule has 2 heterocycles. The van der Waals surface area contributed by atoms with Gasteiger partial charge >= 0.3 is 0 Å². The van der Waals surface area contributed by atoms with Crippen molar-refractivity contribution in [3.05, 3.63) is 34.6 Å². The second-order valence-corrected chi connectivity index (χ2v) is 5.00. The van der Waals surface area contributed by atoms with Gasteiger partial charge in [0, 0.05) is 19.8 Å². The van der Waals surface area contributed by atoms with Crippen molar-refractivity contribution in [1.82, 2.24) is 24.6 Å². The van der Waals surface area contributed by atoms with Crippen LogP contribution in [-0.4, -0.2) is 25.9 Å². The Morgan fingerprint density at radius 1 is 1.44 bits per heavy atom. The summed E-state index contributed by atoms with van der Waals surface area (Å²) < 4.78 is 4.97. The maximum absolute atomic E-state index is 4.45. The van der Waals surface area contributed by atoms with E-state index in [0.29, 0.717) is 0 Å². The van der Waals surface area contributed by atoms with Gasteiger partial charge in [0.25, 0.3) is 0 Å². The third-order valence-electron chi connectivity index (χ3n) is 2.84. The molecule has 0 aliphatic heterocycles. The molecule has 0 aromatic carbocycles. The monoisotopic (exact) mass is 311 g/mol. The fraction of sp³-hybridized carbons (Fsp3) is 0.500. The molecule has 2 aromatic heterocycles. The molecule has 0 saturated heterocycles. The van der Waals surface area contributed by atoms with Crippen LogP contribution in [0, 0.1) is 0 Å². The summed E-state index contributed by atoms with van der Waals surface area (Å²) >= 11 is 3.57. The lowest BCUT2D eigenvalue weighted by atomic mass is 10.1. The van der Waals surface area contributed by atoms with Crippen molar-refractivity contribution in [2.45, 2.75) is 26.4 Å². The summed E-state index contributed by atoms with van der Waals surface area (Å²) in [5, 5.41) is 7.83. The van der Waals surface area contributed by atoms with E-state index < -0.39 is 0 Å². The molecule has 2 aromatic rings. The van der Waals surface area contributed by atoms with Crippen LogP contribution in [0.5, 0.6) is 0 Å². The topological polar surface area (TPSA) is 47.7 Å². The van der Waals surface area contributed by atoms with Crippen LogP contribution in [0.25, 0.3) is 0 Å². The highest BCUT2D eigenvalue weighted by atomic mass is 79.9. The predicted octanol–water partition coefficient (Wildman–Crippen LogP) is 2.10. The number of nitrogens with zero attached hydrogens (tertiary/aromatic N) is 4. The number of nitrogens with one attached hydrogen (secondary N) is 1. The van der Waals surface area contributed by atoms with Crippen LogP contribution < -0.4 is 5.32 Å². The average molecular weight is 312 g/mol. The molecule has 0 bridgehead atoms. The Morgan fingerprint density at radius 3 is 2.78 bits per heavy atom. The summed E-state index contributed by atoms with van der Waals surface area (Å²) in [5.41, 5.74) is 2.13. The van der Waals surface area contributed by atoms with Crippen LogP contribution in [0.4, 0.5) is 0 Å². The fourth-order valence-electron chi connectivity index (χ4n) is 2.04. The zero-order valence-corrected chi connectivity index (χ0v) is 12.5. The number of rotatable bonds is 5. The Kier molecular flexibility index (Phi) is 4.19. The number of halogens is 1. The molecule has 0 radical (unpaired) electrons. The smallest absolute Gasteiger partial charge is 0.0948 e. The van der Waals surface area contributed by atoms with Gasteiger partial charge in [0.2, 0.25) is 0 Å². The van der Waals surface area contributed by atoms with Crippen molar-refractivity contribution < 1.29 is 0 Å². The fourth-order valence-corrected chi connectivity index (χ4v) is 2.56. The van der Waals surface area contributed by atoms with Gasteiger partial charge in [-0.15, -0.1) is 0 Å². The minimum absolute atomic E-state index is 0.0630. The van der Waals surface area contributed by atoms with Gasteiger partial charge in [0.05, 0.1) is 34.4 Å². The van der Waals surface area contributed by atoms with Crippen molar-refractivity contribution >= 4 is 15.9 Å². The quantitative estimate of drug-likeness (QED) is 0.920. The van der Waals surface area contributed by atoms with Gasteiger partial charge in [-0.25, -0.2) is 4.98 Å². The Bertz CT molecular complexity index is 516. The van der Waals surface area contributed by atoms with Gasteiger partial charge < -0.3 is 9.88 Å². The zero-order chi connectivity index (χ0) is 13.1. The maximum Gasteiger partial charge on any atom is 0.0948 e. The minimum atomic E-state index is 0.0630. The second-order valence-electron chi connectivity index (χ2n) is 4.15. The second kappa shape index (κ2) is 5.67. The first-order valence-corrected chi connectivity index (χ1v) is 6.89. The first kappa shape index (κ1) is 13.3. The lowest BCUT2D eigenvalue weighted by Crippen LogP contribution is -2.25. The van der Waals surface area contributed by atoms with E-state index in [1.807, 2.05) is 35.0 Å². The van der Waals surface area contributed by atoms with E-state index in [2.05, 4.69) is 45.2 Å². The van der Waals surface area contributed by atoms with Crippen LogP contribution in [0.15, 0.2) is 23.2 Å². The van der Waals surface area contributed by atoms with E-state index >= 15 is 0 Å². The van der Waals surface area contributed by atoms with E-state index in [0.717, 1.165) is 29.0 Å². The SMILES string of the molecule is CCNC(c1cn(C)cn1)c1c(Br)cnn1CC. The van der Waals surface area contributed by atoms with Gasteiger partial charge in [-0.2, -0.15) is 5.10 Å². The van der Waals surface area contributed by atoms with E-state index in [9.17, 15) is 0 Å². The average Bonchev–Trinajstić information content (AvgIpc) is 2.93. The number of aromatic nitrogens is 4. The number of hydrogen-bond donors (Lipinski definition) is 1. The molecule has 0 amide bonds. The van der Waals surface area contributed by atoms with Crippen LogP contribution >= 0.6 is 15.9 Å². The predicted molar refractivity (Wildman–Crippen MR) is 74.3 cm³/mol. The van der Waals surface area contributed by atoms with E-state index in [1.54, 1.807) is 0 Å². The summed E-state index contributed by atoms with van der Waals surface area (Å²) in [7, 11) is 1.98. The van der Waals surface area contributed by atoms with Crippen molar-refractivity contribution in [3.63, 3.8) is 0 Å². The third-order valence-corrected chi connectivity index (χ3v) is 3.45. The summed E-state index contributed by atoms with van der Waals surface area (Å²) in [6, 6.07) is 0.0630. The minimum Gasteiger partial charge on any atom is -0.340 e. The molecule has 5 nitrogen and oxygen atoms in total. The molecular formula is C12H18BrN5. The molecule has 18 heavy (non-hydrogen) atoms. The van der Waals surface area contributed by atoms with Crippen molar-refractivity contribution in [2.24, 2.45) is 7.05 Å². The largest absolute Gasteiger partial charge is 0.340 e. The molecule has 6 heteroatoms. The first-order chi connectivity index (χ1) is 8.67. The van der Waals surface area contributed by atoms with Crippen molar-refractivity contribution in [3.8, 4) is 0 Å². The molecule has 1 N–H and O–H groups in total. The van der Waals surface area contributed by atoms with E-state index in [4.69, 9.17) is 0 Å². The third kappa shape index (κ3) is 2.49. The molecule has 0 saturated carbocycles. The number of imidazole rings is 1.